The molecule has 0 heterocycles. The van der Waals surface area contributed by atoms with E-state index in [9.17, 15) is 9.59 Å². The van der Waals surface area contributed by atoms with Crippen molar-refractivity contribution in [3.63, 3.8) is 0 Å². The maximum atomic E-state index is 12.5. The lowest BCUT2D eigenvalue weighted by molar-refractivity contribution is -0.135. The van der Waals surface area contributed by atoms with Crippen LogP contribution in [0.2, 0.25) is 10.0 Å². The molecule has 3 rings (SSSR count). The van der Waals surface area contributed by atoms with Crippen LogP contribution in [0.25, 0.3) is 0 Å². The van der Waals surface area contributed by atoms with Crippen molar-refractivity contribution in [2.24, 2.45) is 0 Å². The smallest absolute Gasteiger partial charge is 0.260 e. The Balaban J connectivity index is 1.55. The van der Waals surface area contributed by atoms with E-state index < -0.39 is 5.91 Å². The van der Waals surface area contributed by atoms with Gasteiger partial charge < -0.3 is 15.0 Å². The molecule has 1 N–H and O–H groups in total. The summed E-state index contributed by atoms with van der Waals surface area (Å²) in [6.07, 6.45) is 0.696. The first kappa shape index (κ1) is 22.7. The van der Waals surface area contributed by atoms with E-state index in [1.165, 1.54) is 11.9 Å². The van der Waals surface area contributed by atoms with Gasteiger partial charge in [0.2, 0.25) is 5.91 Å². The van der Waals surface area contributed by atoms with Crippen LogP contribution in [0.5, 0.6) is 5.75 Å². The molecule has 0 atom stereocenters. The molecule has 3 aromatic rings. The summed E-state index contributed by atoms with van der Waals surface area (Å²) in [5.74, 6) is -0.0920. The number of nitrogens with one attached hydrogen (secondary N) is 1. The fraction of sp³-hybridized carbons (Fsp3) is 0.167. The summed E-state index contributed by atoms with van der Waals surface area (Å²) in [5.41, 5.74) is 2.45. The molecule has 2 amide bonds. The Labute approximate surface area is 191 Å². The van der Waals surface area contributed by atoms with E-state index in [1.807, 2.05) is 54.6 Å². The van der Waals surface area contributed by atoms with Gasteiger partial charge in [0.25, 0.3) is 5.91 Å². The molecular weight excluding hydrogens is 435 g/mol. The predicted molar refractivity (Wildman–Crippen MR) is 124 cm³/mol. The van der Waals surface area contributed by atoms with Gasteiger partial charge in [0, 0.05) is 13.5 Å². The standard InChI is InChI=1S/C24H22Cl2N2O3/c1-28(15-22(29)27-24-19(25)11-7-12-20(24)26)23(30)16-31-21-13-6-5-10-18(21)14-17-8-3-2-4-9-17/h2-13H,14-16H2,1H3,(H,27,29). The summed E-state index contributed by atoms with van der Waals surface area (Å²) in [7, 11) is 1.54. The molecular formula is C24H22Cl2N2O3. The van der Waals surface area contributed by atoms with Gasteiger partial charge in [-0.2, -0.15) is 0 Å². The molecule has 0 aliphatic heterocycles. The van der Waals surface area contributed by atoms with E-state index in [2.05, 4.69) is 5.32 Å². The van der Waals surface area contributed by atoms with Crippen molar-refractivity contribution in [1.82, 2.24) is 4.90 Å². The highest BCUT2D eigenvalue weighted by molar-refractivity contribution is 6.39. The molecule has 0 saturated carbocycles. The molecule has 0 radical (unpaired) electrons. The molecule has 0 aromatic heterocycles. The number of carbonyl (C=O) groups is 2. The minimum absolute atomic E-state index is 0.157. The number of hydrogen-bond donors (Lipinski definition) is 1. The predicted octanol–water partition coefficient (Wildman–Crippen LogP) is 5.06. The summed E-state index contributed by atoms with van der Waals surface area (Å²) in [4.78, 5) is 26.1. The third-order valence-corrected chi connectivity index (χ3v) is 5.22. The fourth-order valence-corrected chi connectivity index (χ4v) is 3.45. The van der Waals surface area contributed by atoms with Crippen molar-refractivity contribution >= 4 is 40.7 Å². The van der Waals surface area contributed by atoms with Crippen molar-refractivity contribution in [2.75, 3.05) is 25.5 Å². The van der Waals surface area contributed by atoms with Gasteiger partial charge in [-0.15, -0.1) is 0 Å². The minimum Gasteiger partial charge on any atom is -0.483 e. The fourth-order valence-electron chi connectivity index (χ4n) is 2.96. The Bertz CT molecular complexity index is 1040. The lowest BCUT2D eigenvalue weighted by Crippen LogP contribution is -2.37. The molecule has 0 saturated heterocycles. The summed E-state index contributed by atoms with van der Waals surface area (Å²) in [5, 5.41) is 3.29. The van der Waals surface area contributed by atoms with Gasteiger partial charge in [-0.1, -0.05) is 77.8 Å². The molecule has 5 nitrogen and oxygen atoms in total. The zero-order chi connectivity index (χ0) is 22.2. The van der Waals surface area contributed by atoms with Crippen LogP contribution in [0.3, 0.4) is 0 Å². The van der Waals surface area contributed by atoms with Crippen LogP contribution in [0.15, 0.2) is 72.8 Å². The number of likely N-dealkylation sites (N-methyl/N-ethyl adjacent to an activating group) is 1. The highest BCUT2D eigenvalue weighted by Gasteiger charge is 2.16. The second-order valence-corrected chi connectivity index (χ2v) is 7.77. The highest BCUT2D eigenvalue weighted by atomic mass is 35.5. The van der Waals surface area contributed by atoms with Crippen molar-refractivity contribution in [1.29, 1.82) is 0 Å². The highest BCUT2D eigenvalue weighted by Crippen LogP contribution is 2.29. The van der Waals surface area contributed by atoms with Crippen LogP contribution in [-0.2, 0) is 16.0 Å². The Kier molecular flexibility index (Phi) is 7.93. The molecule has 31 heavy (non-hydrogen) atoms. The third-order valence-electron chi connectivity index (χ3n) is 4.59. The van der Waals surface area contributed by atoms with Gasteiger partial charge in [0.15, 0.2) is 6.61 Å². The molecule has 0 bridgehead atoms. The maximum absolute atomic E-state index is 12.5. The summed E-state index contributed by atoms with van der Waals surface area (Å²) < 4.78 is 5.77. The van der Waals surface area contributed by atoms with Gasteiger partial charge in [0.05, 0.1) is 22.3 Å². The number of benzene rings is 3. The maximum Gasteiger partial charge on any atom is 0.260 e. The first-order valence-corrected chi connectivity index (χ1v) is 10.4. The van der Waals surface area contributed by atoms with Crippen molar-refractivity contribution < 1.29 is 14.3 Å². The van der Waals surface area contributed by atoms with Crippen LogP contribution < -0.4 is 10.1 Å². The second-order valence-electron chi connectivity index (χ2n) is 6.95. The van der Waals surface area contributed by atoms with E-state index in [4.69, 9.17) is 27.9 Å². The molecule has 7 heteroatoms. The number of para-hydroxylation sites is 2. The van der Waals surface area contributed by atoms with Crippen LogP contribution in [0.4, 0.5) is 5.69 Å². The molecule has 160 valence electrons. The van der Waals surface area contributed by atoms with Gasteiger partial charge in [-0.05, 0) is 29.3 Å². The largest absolute Gasteiger partial charge is 0.483 e. The molecule has 0 aliphatic carbocycles. The molecule has 0 spiro atoms. The van der Waals surface area contributed by atoms with Gasteiger partial charge in [-0.25, -0.2) is 0 Å². The monoisotopic (exact) mass is 456 g/mol. The molecule has 0 aliphatic rings. The van der Waals surface area contributed by atoms with Gasteiger partial charge in [0.1, 0.15) is 5.75 Å². The Morgan fingerprint density at radius 2 is 1.55 bits per heavy atom. The van der Waals surface area contributed by atoms with Crippen molar-refractivity contribution in [3.05, 3.63) is 94.0 Å². The number of nitrogens with zero attached hydrogens (tertiary/aromatic N) is 1. The number of ether oxygens (including phenoxy) is 1. The van der Waals surface area contributed by atoms with Crippen LogP contribution >= 0.6 is 23.2 Å². The number of anilines is 1. The summed E-state index contributed by atoms with van der Waals surface area (Å²) in [6, 6.07) is 22.5. The minimum atomic E-state index is -0.407. The average molecular weight is 457 g/mol. The van der Waals surface area contributed by atoms with Gasteiger partial charge in [-0.3, -0.25) is 9.59 Å². The summed E-state index contributed by atoms with van der Waals surface area (Å²) >= 11 is 12.1. The third kappa shape index (κ3) is 6.48. The van der Waals surface area contributed by atoms with Crippen molar-refractivity contribution in [3.8, 4) is 5.75 Å². The topological polar surface area (TPSA) is 58.6 Å². The van der Waals surface area contributed by atoms with E-state index in [0.717, 1.165) is 11.1 Å². The molecule has 0 fully saturated rings. The Hall–Kier alpha value is -3.02. The van der Waals surface area contributed by atoms with Crippen molar-refractivity contribution in [2.45, 2.75) is 6.42 Å². The van der Waals surface area contributed by atoms with E-state index in [0.29, 0.717) is 27.9 Å². The average Bonchev–Trinajstić information content (AvgIpc) is 2.76. The number of carbonyl (C=O) groups excluding carboxylic acids is 2. The van der Waals surface area contributed by atoms with Crippen LogP contribution in [0, 0.1) is 0 Å². The molecule has 0 unspecified atom stereocenters. The van der Waals surface area contributed by atoms with E-state index in [-0.39, 0.29) is 19.1 Å². The number of hydrogen-bond acceptors (Lipinski definition) is 3. The first-order chi connectivity index (χ1) is 14.9. The first-order valence-electron chi connectivity index (χ1n) is 9.66. The van der Waals surface area contributed by atoms with Gasteiger partial charge >= 0.3 is 0 Å². The lowest BCUT2D eigenvalue weighted by atomic mass is 10.0. The second kappa shape index (κ2) is 10.8. The normalized spacial score (nSPS) is 10.4. The molecule has 3 aromatic carbocycles. The van der Waals surface area contributed by atoms with E-state index in [1.54, 1.807) is 18.2 Å². The Morgan fingerprint density at radius 1 is 0.903 bits per heavy atom. The SMILES string of the molecule is CN(CC(=O)Nc1c(Cl)cccc1Cl)C(=O)COc1ccccc1Cc1ccccc1. The van der Waals surface area contributed by atoms with Crippen LogP contribution in [-0.4, -0.2) is 36.9 Å². The lowest BCUT2D eigenvalue weighted by Gasteiger charge is -2.18. The van der Waals surface area contributed by atoms with E-state index >= 15 is 0 Å². The zero-order valence-corrected chi connectivity index (χ0v) is 18.5. The zero-order valence-electron chi connectivity index (χ0n) is 17.0. The number of halogens is 2. The van der Waals surface area contributed by atoms with Crippen LogP contribution in [0.1, 0.15) is 11.1 Å². The number of amides is 2. The quantitative estimate of drug-likeness (QED) is 0.515. The Morgan fingerprint density at radius 3 is 2.26 bits per heavy atom. The summed E-state index contributed by atoms with van der Waals surface area (Å²) in [6.45, 7) is -0.335. The number of rotatable bonds is 8.